The van der Waals surface area contributed by atoms with Crippen LogP contribution in [0.25, 0.3) is 10.5 Å². The summed E-state index contributed by atoms with van der Waals surface area (Å²) in [6.45, 7) is 6.00. The van der Waals surface area contributed by atoms with E-state index in [-0.39, 0.29) is 11.0 Å². The quantitative estimate of drug-likeness (QED) is 0.731. The van der Waals surface area contributed by atoms with Crippen molar-refractivity contribution in [3.8, 4) is 5.75 Å². The number of hydrogen-bond acceptors (Lipinski definition) is 5. The van der Waals surface area contributed by atoms with Gasteiger partial charge in [-0.2, -0.15) is 8.75 Å². The number of aryl methyl sites for hydroxylation is 1. The van der Waals surface area contributed by atoms with Gasteiger partial charge in [0.05, 0.1) is 17.4 Å². The van der Waals surface area contributed by atoms with Gasteiger partial charge in [-0.05, 0) is 36.6 Å². The molecule has 1 atom stereocenters. The molecule has 0 bridgehead atoms. The van der Waals surface area contributed by atoms with Crippen LogP contribution >= 0.6 is 23.5 Å². The predicted molar refractivity (Wildman–Crippen MR) is 90.8 cm³/mol. The molecule has 1 aromatic carbocycles. The first-order valence-corrected chi connectivity index (χ1v) is 8.66. The Balaban J connectivity index is 1.73. The normalized spacial score (nSPS) is 17.7. The van der Waals surface area contributed by atoms with Gasteiger partial charge in [0.1, 0.15) is 11.4 Å². The van der Waals surface area contributed by atoms with Crippen LogP contribution in [0, 0.1) is 6.92 Å². The summed E-state index contributed by atoms with van der Waals surface area (Å²) < 4.78 is 49.4. The Kier molecular flexibility index (Phi) is 4.69. The highest BCUT2D eigenvalue weighted by Gasteiger charge is 2.31. The van der Waals surface area contributed by atoms with Crippen molar-refractivity contribution in [3.05, 3.63) is 53.9 Å². The molecule has 3 rings (SSSR count). The third kappa shape index (κ3) is 3.81. The van der Waals surface area contributed by atoms with Crippen LogP contribution in [0.1, 0.15) is 23.4 Å². The number of halogens is 3. The fourth-order valence-electron chi connectivity index (χ4n) is 2.38. The van der Waals surface area contributed by atoms with E-state index in [4.69, 9.17) is 0 Å². The predicted octanol–water partition coefficient (Wildman–Crippen LogP) is 5.30. The van der Waals surface area contributed by atoms with Gasteiger partial charge in [0.15, 0.2) is 0 Å². The fourth-order valence-corrected chi connectivity index (χ4v) is 4.17. The molecule has 2 heterocycles. The molecule has 0 spiro atoms. The maximum absolute atomic E-state index is 12.3. The largest absolute Gasteiger partial charge is 0.573 e. The number of thioether (sulfide) groups is 1. The van der Waals surface area contributed by atoms with E-state index in [0.717, 1.165) is 40.0 Å². The molecule has 126 valence electrons. The molecule has 0 fully saturated rings. The molecular weight excluding hydrogens is 357 g/mol. The van der Waals surface area contributed by atoms with Crippen LogP contribution in [0.3, 0.4) is 0 Å². The summed E-state index contributed by atoms with van der Waals surface area (Å²) in [5, 5.41) is 0.106. The minimum absolute atomic E-state index is 0.106. The van der Waals surface area contributed by atoms with E-state index in [1.54, 1.807) is 23.9 Å². The smallest absolute Gasteiger partial charge is 0.406 e. The van der Waals surface area contributed by atoms with Gasteiger partial charge in [0.25, 0.3) is 0 Å². The van der Waals surface area contributed by atoms with Gasteiger partial charge in [-0.15, -0.1) is 24.9 Å². The van der Waals surface area contributed by atoms with Crippen molar-refractivity contribution in [2.24, 2.45) is 0 Å². The first-order valence-electron chi connectivity index (χ1n) is 7.05. The van der Waals surface area contributed by atoms with Gasteiger partial charge in [-0.1, -0.05) is 24.8 Å². The number of ether oxygens (including phenoxy) is 1. The second-order valence-corrected chi connectivity index (χ2v) is 6.98. The molecule has 0 saturated carbocycles. The molecule has 8 heteroatoms. The third-order valence-electron chi connectivity index (χ3n) is 3.48. The maximum atomic E-state index is 12.3. The van der Waals surface area contributed by atoms with E-state index in [9.17, 15) is 13.2 Å². The van der Waals surface area contributed by atoms with E-state index >= 15 is 0 Å². The van der Waals surface area contributed by atoms with Crippen molar-refractivity contribution in [2.45, 2.75) is 25.0 Å². The van der Waals surface area contributed by atoms with Gasteiger partial charge in [-0.25, -0.2) is 0 Å². The van der Waals surface area contributed by atoms with E-state index in [0.29, 0.717) is 5.56 Å². The highest BCUT2D eigenvalue weighted by atomic mass is 32.2. The number of rotatable bonds is 4. The molecule has 1 aromatic heterocycles. The lowest BCUT2D eigenvalue weighted by molar-refractivity contribution is -0.274. The number of allylic oxidation sites excluding steroid dienone is 1. The molecule has 0 aliphatic carbocycles. The standard InChI is InChI=1S/C16H13F3N2OS2/c1-9(15-10(2)20-24-21-15)13-6-7-14(23-13)11-4-3-5-12(8-11)22-16(17,18)19/h3-5,7-8,13H,1,6H2,2H3. The second-order valence-electron chi connectivity index (χ2n) is 5.21. The molecule has 24 heavy (non-hydrogen) atoms. The summed E-state index contributed by atoms with van der Waals surface area (Å²) >= 11 is 2.71. The van der Waals surface area contributed by atoms with Crippen LogP contribution in [-0.2, 0) is 0 Å². The van der Waals surface area contributed by atoms with Crippen molar-refractivity contribution in [1.82, 2.24) is 8.75 Å². The number of aromatic nitrogens is 2. The number of alkyl halides is 3. The van der Waals surface area contributed by atoms with Gasteiger partial charge in [0, 0.05) is 10.2 Å². The first-order chi connectivity index (χ1) is 11.3. The van der Waals surface area contributed by atoms with Gasteiger partial charge < -0.3 is 4.74 Å². The van der Waals surface area contributed by atoms with Crippen molar-refractivity contribution in [1.29, 1.82) is 0 Å². The molecular formula is C16H13F3N2OS2. The lowest BCUT2D eigenvalue weighted by atomic mass is 10.1. The Labute approximate surface area is 145 Å². The van der Waals surface area contributed by atoms with E-state index in [1.165, 1.54) is 12.1 Å². The van der Waals surface area contributed by atoms with Crippen molar-refractivity contribution in [2.75, 3.05) is 0 Å². The molecule has 0 saturated heterocycles. The van der Waals surface area contributed by atoms with E-state index < -0.39 is 6.36 Å². The Morgan fingerprint density at radius 2 is 2.12 bits per heavy atom. The van der Waals surface area contributed by atoms with E-state index in [1.807, 2.05) is 13.0 Å². The zero-order valence-corrected chi connectivity index (χ0v) is 14.3. The highest BCUT2D eigenvalue weighted by Crippen LogP contribution is 2.45. The lowest BCUT2D eigenvalue weighted by Gasteiger charge is -2.13. The van der Waals surface area contributed by atoms with Crippen LogP contribution in [0.5, 0.6) is 5.75 Å². The molecule has 1 aliphatic rings. The first kappa shape index (κ1) is 17.0. The summed E-state index contributed by atoms with van der Waals surface area (Å²) in [5.41, 5.74) is 3.24. The molecule has 0 amide bonds. The molecule has 2 aromatic rings. The Morgan fingerprint density at radius 1 is 1.33 bits per heavy atom. The highest BCUT2D eigenvalue weighted by molar-refractivity contribution is 8.09. The minimum Gasteiger partial charge on any atom is -0.406 e. The summed E-state index contributed by atoms with van der Waals surface area (Å²) in [7, 11) is 0. The summed E-state index contributed by atoms with van der Waals surface area (Å²) in [6, 6.07) is 6.00. The summed E-state index contributed by atoms with van der Waals surface area (Å²) in [4.78, 5) is 0.912. The lowest BCUT2D eigenvalue weighted by Crippen LogP contribution is -2.17. The van der Waals surface area contributed by atoms with E-state index in [2.05, 4.69) is 20.1 Å². The van der Waals surface area contributed by atoms with Crippen molar-refractivity contribution in [3.63, 3.8) is 0 Å². The molecule has 0 N–H and O–H groups in total. The summed E-state index contributed by atoms with van der Waals surface area (Å²) in [5.74, 6) is -0.219. The number of nitrogens with zero attached hydrogens (tertiary/aromatic N) is 2. The third-order valence-corrected chi connectivity index (χ3v) is 5.52. The van der Waals surface area contributed by atoms with Crippen LogP contribution < -0.4 is 4.74 Å². The Hall–Kier alpha value is -1.80. The Morgan fingerprint density at radius 3 is 2.79 bits per heavy atom. The zero-order valence-electron chi connectivity index (χ0n) is 12.6. The maximum Gasteiger partial charge on any atom is 0.573 e. The van der Waals surface area contributed by atoms with Gasteiger partial charge in [0.2, 0.25) is 0 Å². The van der Waals surface area contributed by atoms with Crippen molar-refractivity contribution >= 4 is 34.0 Å². The van der Waals surface area contributed by atoms with Crippen LogP contribution in [0.15, 0.2) is 36.9 Å². The van der Waals surface area contributed by atoms with Crippen LogP contribution in [0.2, 0.25) is 0 Å². The average Bonchev–Trinajstić information content (AvgIpc) is 3.14. The second kappa shape index (κ2) is 6.60. The monoisotopic (exact) mass is 370 g/mol. The molecule has 1 aliphatic heterocycles. The van der Waals surface area contributed by atoms with Gasteiger partial charge >= 0.3 is 6.36 Å². The molecule has 0 radical (unpaired) electrons. The topological polar surface area (TPSA) is 35.0 Å². The number of hydrogen-bond donors (Lipinski definition) is 0. The zero-order chi connectivity index (χ0) is 17.3. The van der Waals surface area contributed by atoms with Crippen LogP contribution in [-0.4, -0.2) is 20.4 Å². The average molecular weight is 370 g/mol. The number of benzene rings is 1. The summed E-state index contributed by atoms with van der Waals surface area (Å²) in [6.07, 6.45) is -1.94. The Bertz CT molecular complexity index is 799. The molecule has 3 nitrogen and oxygen atoms in total. The van der Waals surface area contributed by atoms with Crippen LogP contribution in [0.4, 0.5) is 13.2 Å². The molecule has 1 unspecified atom stereocenters. The van der Waals surface area contributed by atoms with Crippen molar-refractivity contribution < 1.29 is 17.9 Å². The fraction of sp³-hybridized carbons (Fsp3) is 0.250. The minimum atomic E-state index is -4.69. The SMILES string of the molecule is C=C(c1nsnc1C)C1CC=C(c2cccc(OC(F)(F)F)c2)S1. The van der Waals surface area contributed by atoms with Gasteiger partial charge in [-0.3, -0.25) is 0 Å².